The van der Waals surface area contributed by atoms with Crippen LogP contribution in [0, 0.1) is 0 Å². The molecule has 0 radical (unpaired) electrons. The number of rotatable bonds is 7. The molecule has 0 bridgehead atoms. The van der Waals surface area contributed by atoms with Crippen LogP contribution < -0.4 is 16.4 Å². The Morgan fingerprint density at radius 1 is 1.21 bits per heavy atom. The van der Waals surface area contributed by atoms with Gasteiger partial charge in [0.2, 0.25) is 0 Å². The van der Waals surface area contributed by atoms with Crippen molar-refractivity contribution in [3.05, 3.63) is 35.9 Å². The number of hydrogen-bond acceptors (Lipinski definition) is 3. The molecule has 1 rings (SSSR count). The predicted octanol–water partition coefficient (Wildman–Crippen LogP) is 0.678. The zero-order chi connectivity index (χ0) is 14.1. The molecule has 1 aromatic carbocycles. The van der Waals surface area contributed by atoms with E-state index in [1.54, 1.807) is 0 Å². The number of nitrogens with one attached hydrogen (secondary N) is 2. The molecule has 1 aromatic rings. The maximum absolute atomic E-state index is 11.4. The van der Waals surface area contributed by atoms with E-state index in [1.165, 1.54) is 0 Å². The van der Waals surface area contributed by atoms with Crippen LogP contribution in [0.1, 0.15) is 18.4 Å². The lowest BCUT2D eigenvalue weighted by Gasteiger charge is -2.09. The molecule has 19 heavy (non-hydrogen) atoms. The van der Waals surface area contributed by atoms with Gasteiger partial charge < -0.3 is 21.5 Å². The molecule has 0 aliphatic heterocycles. The molecule has 0 spiro atoms. The molecule has 104 valence electrons. The Morgan fingerprint density at radius 2 is 1.89 bits per heavy atom. The third-order valence-electron chi connectivity index (χ3n) is 2.59. The quantitative estimate of drug-likeness (QED) is 0.544. The van der Waals surface area contributed by atoms with Crippen molar-refractivity contribution in [1.29, 1.82) is 0 Å². The van der Waals surface area contributed by atoms with Crippen molar-refractivity contribution in [3.8, 4) is 0 Å². The van der Waals surface area contributed by atoms with Gasteiger partial charge in [0.15, 0.2) is 0 Å². The van der Waals surface area contributed by atoms with Gasteiger partial charge in [0.1, 0.15) is 6.04 Å². The smallest absolute Gasteiger partial charge is 0.320 e. The Morgan fingerprint density at radius 3 is 2.53 bits per heavy atom. The van der Waals surface area contributed by atoms with Crippen LogP contribution in [0.5, 0.6) is 0 Å². The van der Waals surface area contributed by atoms with E-state index in [2.05, 4.69) is 10.6 Å². The Kier molecular flexibility index (Phi) is 6.38. The zero-order valence-corrected chi connectivity index (χ0v) is 10.6. The van der Waals surface area contributed by atoms with Gasteiger partial charge >= 0.3 is 12.0 Å². The number of carboxylic acid groups (broad SMARTS) is 1. The molecule has 6 nitrogen and oxygen atoms in total. The summed E-state index contributed by atoms with van der Waals surface area (Å²) in [5, 5.41) is 13.9. The molecule has 2 amide bonds. The fourth-order valence-corrected chi connectivity index (χ4v) is 1.49. The number of carboxylic acids is 1. The Bertz CT molecular complexity index is 409. The highest BCUT2D eigenvalue weighted by molar-refractivity contribution is 5.74. The van der Waals surface area contributed by atoms with Gasteiger partial charge in [-0.15, -0.1) is 0 Å². The molecule has 6 heteroatoms. The van der Waals surface area contributed by atoms with Gasteiger partial charge in [-0.05, 0) is 18.4 Å². The van der Waals surface area contributed by atoms with Crippen molar-refractivity contribution >= 4 is 12.0 Å². The fraction of sp³-hybridized carbons (Fsp3) is 0.385. The standard InChI is InChI=1S/C13H19N3O3/c14-11(12(17)18)7-4-8-15-13(19)16-9-10-5-2-1-3-6-10/h1-3,5-6,11H,4,7-9,14H2,(H,17,18)(H2,15,16,19)/t11-/m1/s1. The van der Waals surface area contributed by atoms with E-state index in [1.807, 2.05) is 30.3 Å². The number of nitrogens with two attached hydrogens (primary N) is 1. The highest BCUT2D eigenvalue weighted by Crippen LogP contribution is 1.97. The molecule has 1 atom stereocenters. The van der Waals surface area contributed by atoms with Gasteiger partial charge in [0.05, 0.1) is 0 Å². The van der Waals surface area contributed by atoms with Crippen LogP contribution in [0.15, 0.2) is 30.3 Å². The van der Waals surface area contributed by atoms with Crippen molar-refractivity contribution in [1.82, 2.24) is 10.6 Å². The Labute approximate surface area is 112 Å². The summed E-state index contributed by atoms with van der Waals surface area (Å²) in [6, 6.07) is 8.43. The minimum absolute atomic E-state index is 0.271. The molecule has 0 fully saturated rings. The average Bonchev–Trinajstić information content (AvgIpc) is 2.42. The normalized spacial score (nSPS) is 11.6. The lowest BCUT2D eigenvalue weighted by atomic mass is 10.2. The summed E-state index contributed by atoms with van der Waals surface area (Å²) in [4.78, 5) is 21.9. The van der Waals surface area contributed by atoms with Crippen LogP contribution in [-0.4, -0.2) is 29.7 Å². The topological polar surface area (TPSA) is 104 Å². The first-order valence-electron chi connectivity index (χ1n) is 6.13. The zero-order valence-electron chi connectivity index (χ0n) is 10.6. The van der Waals surface area contributed by atoms with Crippen LogP contribution in [0.25, 0.3) is 0 Å². The number of carbonyl (C=O) groups is 2. The first-order valence-corrected chi connectivity index (χ1v) is 6.13. The Hall–Kier alpha value is -2.08. The summed E-state index contributed by atoms with van der Waals surface area (Å²) in [6.07, 6.45) is 0.876. The second kappa shape index (κ2) is 8.10. The van der Waals surface area contributed by atoms with Gasteiger partial charge in [-0.1, -0.05) is 30.3 Å². The predicted molar refractivity (Wildman–Crippen MR) is 71.5 cm³/mol. The van der Waals surface area contributed by atoms with E-state index < -0.39 is 12.0 Å². The van der Waals surface area contributed by atoms with Gasteiger partial charge in [-0.2, -0.15) is 0 Å². The molecule has 0 aromatic heterocycles. The maximum atomic E-state index is 11.4. The summed E-state index contributed by atoms with van der Waals surface area (Å²) < 4.78 is 0. The van der Waals surface area contributed by atoms with Crippen LogP contribution in [0.4, 0.5) is 4.79 Å². The Balaban J connectivity index is 2.10. The monoisotopic (exact) mass is 265 g/mol. The minimum atomic E-state index is -1.02. The SMILES string of the molecule is N[C@H](CCCNC(=O)NCc1ccccc1)C(=O)O. The second-order valence-corrected chi connectivity index (χ2v) is 4.18. The fourth-order valence-electron chi connectivity index (χ4n) is 1.49. The molecule has 0 saturated carbocycles. The molecule has 0 unspecified atom stereocenters. The summed E-state index contributed by atoms with van der Waals surface area (Å²) in [6.45, 7) is 0.864. The van der Waals surface area contributed by atoms with Crippen LogP contribution in [-0.2, 0) is 11.3 Å². The molecular formula is C13H19N3O3. The molecular weight excluding hydrogens is 246 g/mol. The third kappa shape index (κ3) is 6.42. The van der Waals surface area contributed by atoms with Crippen LogP contribution >= 0.6 is 0 Å². The number of urea groups is 1. The molecule has 0 heterocycles. The minimum Gasteiger partial charge on any atom is -0.480 e. The lowest BCUT2D eigenvalue weighted by Crippen LogP contribution is -2.36. The van der Waals surface area contributed by atoms with Crippen molar-refractivity contribution in [2.75, 3.05) is 6.54 Å². The number of hydrogen-bond donors (Lipinski definition) is 4. The van der Waals surface area contributed by atoms with Crippen molar-refractivity contribution < 1.29 is 14.7 Å². The number of benzene rings is 1. The van der Waals surface area contributed by atoms with E-state index >= 15 is 0 Å². The van der Waals surface area contributed by atoms with E-state index in [9.17, 15) is 9.59 Å². The van der Waals surface area contributed by atoms with Gasteiger partial charge in [-0.25, -0.2) is 4.79 Å². The lowest BCUT2D eigenvalue weighted by molar-refractivity contribution is -0.138. The number of aliphatic carboxylic acids is 1. The average molecular weight is 265 g/mol. The van der Waals surface area contributed by atoms with Gasteiger partial charge in [0, 0.05) is 13.1 Å². The van der Waals surface area contributed by atoms with E-state index in [4.69, 9.17) is 10.8 Å². The van der Waals surface area contributed by atoms with E-state index in [-0.39, 0.29) is 6.03 Å². The number of carbonyl (C=O) groups excluding carboxylic acids is 1. The first kappa shape index (κ1) is 15.0. The number of amides is 2. The molecule has 5 N–H and O–H groups in total. The molecule has 0 aliphatic carbocycles. The van der Waals surface area contributed by atoms with E-state index in [0.717, 1.165) is 5.56 Å². The van der Waals surface area contributed by atoms with Gasteiger partial charge in [0.25, 0.3) is 0 Å². The highest BCUT2D eigenvalue weighted by Gasteiger charge is 2.10. The summed E-state index contributed by atoms with van der Waals surface area (Å²) in [7, 11) is 0. The largest absolute Gasteiger partial charge is 0.480 e. The van der Waals surface area contributed by atoms with Crippen molar-refractivity contribution in [3.63, 3.8) is 0 Å². The van der Waals surface area contributed by atoms with Crippen LogP contribution in [0.2, 0.25) is 0 Å². The van der Waals surface area contributed by atoms with E-state index in [0.29, 0.717) is 25.9 Å². The summed E-state index contributed by atoms with van der Waals surface area (Å²) in [5.74, 6) is -1.02. The third-order valence-corrected chi connectivity index (χ3v) is 2.59. The van der Waals surface area contributed by atoms with Crippen molar-refractivity contribution in [2.24, 2.45) is 5.73 Å². The van der Waals surface area contributed by atoms with Crippen LogP contribution in [0.3, 0.4) is 0 Å². The molecule has 0 saturated heterocycles. The van der Waals surface area contributed by atoms with Gasteiger partial charge in [-0.3, -0.25) is 4.79 Å². The molecule has 0 aliphatic rings. The van der Waals surface area contributed by atoms with Crippen molar-refractivity contribution in [2.45, 2.75) is 25.4 Å². The first-order chi connectivity index (χ1) is 9.09. The second-order valence-electron chi connectivity index (χ2n) is 4.18. The summed E-state index contributed by atoms with van der Waals surface area (Å²) >= 11 is 0. The summed E-state index contributed by atoms with van der Waals surface area (Å²) in [5.41, 5.74) is 6.36. The highest BCUT2D eigenvalue weighted by atomic mass is 16.4. The maximum Gasteiger partial charge on any atom is 0.320 e.